The van der Waals surface area contributed by atoms with Gasteiger partial charge in [-0.3, -0.25) is 9.59 Å². The molecule has 0 radical (unpaired) electrons. The molecular formula is C23H28N2O4S. The standard InChI is InChI=1S/C23H28N2O4S/c1-4-5-12-29-23(28)18-7-10-19(11-8-18)24-21(26)14-30-15-22(27)25-20-9-6-16(2)17(3)13-20/h6-11,13H,4-5,12,14-15H2,1-3H3,(H,24,26)(H,25,27). The number of hydrogen-bond donors (Lipinski definition) is 2. The molecule has 0 unspecified atom stereocenters. The zero-order chi connectivity index (χ0) is 21.9. The summed E-state index contributed by atoms with van der Waals surface area (Å²) in [5, 5.41) is 5.59. The van der Waals surface area contributed by atoms with Crippen molar-refractivity contribution in [3.05, 3.63) is 59.2 Å². The highest BCUT2D eigenvalue weighted by Gasteiger charge is 2.09. The molecule has 30 heavy (non-hydrogen) atoms. The number of unbranched alkanes of at least 4 members (excludes halogenated alkanes) is 1. The summed E-state index contributed by atoms with van der Waals surface area (Å²) >= 11 is 1.24. The van der Waals surface area contributed by atoms with Crippen LogP contribution in [0.15, 0.2) is 42.5 Å². The SMILES string of the molecule is CCCCOC(=O)c1ccc(NC(=O)CSCC(=O)Nc2ccc(C)c(C)c2)cc1. The van der Waals surface area contributed by atoms with Gasteiger partial charge in [-0.25, -0.2) is 4.79 Å². The summed E-state index contributed by atoms with van der Waals surface area (Å²) in [4.78, 5) is 36.0. The van der Waals surface area contributed by atoms with Gasteiger partial charge in [0.25, 0.3) is 0 Å². The second-order valence-corrected chi connectivity index (χ2v) is 7.94. The van der Waals surface area contributed by atoms with E-state index in [0.717, 1.165) is 24.1 Å². The van der Waals surface area contributed by atoms with Crippen LogP contribution in [0.3, 0.4) is 0 Å². The first-order valence-corrected chi connectivity index (χ1v) is 11.1. The molecule has 0 atom stereocenters. The van der Waals surface area contributed by atoms with Crippen LogP contribution < -0.4 is 10.6 Å². The number of esters is 1. The van der Waals surface area contributed by atoms with Crippen LogP contribution in [0.1, 0.15) is 41.3 Å². The Kier molecular flexibility index (Phi) is 9.41. The van der Waals surface area contributed by atoms with Crippen molar-refractivity contribution in [3.8, 4) is 0 Å². The topological polar surface area (TPSA) is 84.5 Å². The molecule has 0 aromatic heterocycles. The van der Waals surface area contributed by atoms with Gasteiger partial charge in [0.05, 0.1) is 23.7 Å². The first-order valence-electron chi connectivity index (χ1n) is 9.91. The lowest BCUT2D eigenvalue weighted by atomic mass is 10.1. The summed E-state index contributed by atoms with van der Waals surface area (Å²) in [5.74, 6) is -0.393. The molecule has 0 fully saturated rings. The van der Waals surface area contributed by atoms with Crippen LogP contribution in [-0.4, -0.2) is 35.9 Å². The summed E-state index contributed by atoms with van der Waals surface area (Å²) in [7, 11) is 0. The third-order valence-electron chi connectivity index (χ3n) is 4.39. The Labute approximate surface area is 181 Å². The van der Waals surface area contributed by atoms with Crippen LogP contribution in [0, 0.1) is 13.8 Å². The van der Waals surface area contributed by atoms with Gasteiger partial charge in [0.15, 0.2) is 0 Å². The Morgan fingerprint density at radius 3 is 2.07 bits per heavy atom. The fourth-order valence-electron chi connectivity index (χ4n) is 2.53. The van der Waals surface area contributed by atoms with E-state index < -0.39 is 0 Å². The molecule has 0 aliphatic rings. The summed E-state index contributed by atoms with van der Waals surface area (Å²) < 4.78 is 5.15. The van der Waals surface area contributed by atoms with Gasteiger partial charge in [-0.1, -0.05) is 19.4 Å². The highest BCUT2D eigenvalue weighted by Crippen LogP contribution is 2.15. The number of nitrogens with one attached hydrogen (secondary N) is 2. The number of carbonyl (C=O) groups excluding carboxylic acids is 3. The minimum absolute atomic E-state index is 0.151. The largest absolute Gasteiger partial charge is 0.462 e. The van der Waals surface area contributed by atoms with Crippen molar-refractivity contribution in [1.82, 2.24) is 0 Å². The lowest BCUT2D eigenvalue weighted by molar-refractivity contribution is -0.114. The van der Waals surface area contributed by atoms with Crippen LogP contribution >= 0.6 is 11.8 Å². The molecule has 0 aliphatic heterocycles. The molecule has 2 rings (SSSR count). The molecule has 2 aromatic rings. The number of hydrogen-bond acceptors (Lipinski definition) is 5. The Bertz CT molecular complexity index is 881. The lowest BCUT2D eigenvalue weighted by Crippen LogP contribution is -2.18. The van der Waals surface area contributed by atoms with Crippen molar-refractivity contribution in [2.24, 2.45) is 0 Å². The second kappa shape index (κ2) is 12.0. The molecule has 0 bridgehead atoms. The van der Waals surface area contributed by atoms with E-state index in [9.17, 15) is 14.4 Å². The van der Waals surface area contributed by atoms with E-state index in [4.69, 9.17) is 4.74 Å². The number of amides is 2. The van der Waals surface area contributed by atoms with E-state index in [0.29, 0.717) is 17.9 Å². The average molecular weight is 429 g/mol. The third kappa shape index (κ3) is 7.91. The van der Waals surface area contributed by atoms with Gasteiger partial charge in [-0.05, 0) is 67.8 Å². The summed E-state index contributed by atoms with van der Waals surface area (Å²) in [6, 6.07) is 12.3. The Morgan fingerprint density at radius 1 is 0.867 bits per heavy atom. The van der Waals surface area contributed by atoms with E-state index in [1.807, 2.05) is 39.0 Å². The van der Waals surface area contributed by atoms with E-state index in [2.05, 4.69) is 10.6 Å². The smallest absolute Gasteiger partial charge is 0.338 e. The van der Waals surface area contributed by atoms with Crippen LogP contribution in [0.25, 0.3) is 0 Å². The van der Waals surface area contributed by atoms with Gasteiger partial charge >= 0.3 is 5.97 Å². The quantitative estimate of drug-likeness (QED) is 0.428. The van der Waals surface area contributed by atoms with Gasteiger partial charge in [0, 0.05) is 11.4 Å². The summed E-state index contributed by atoms with van der Waals surface area (Å²) in [6.07, 6.45) is 1.80. The third-order valence-corrected chi connectivity index (χ3v) is 5.33. The Hall–Kier alpha value is -2.80. The highest BCUT2D eigenvalue weighted by molar-refractivity contribution is 8.00. The molecule has 6 nitrogen and oxygen atoms in total. The highest BCUT2D eigenvalue weighted by atomic mass is 32.2. The fraction of sp³-hybridized carbons (Fsp3) is 0.348. The number of benzene rings is 2. The van der Waals surface area contributed by atoms with Crippen LogP contribution in [0.5, 0.6) is 0 Å². The normalized spacial score (nSPS) is 10.4. The lowest BCUT2D eigenvalue weighted by Gasteiger charge is -2.08. The maximum absolute atomic E-state index is 12.1. The molecule has 7 heteroatoms. The number of rotatable bonds is 10. The fourth-order valence-corrected chi connectivity index (χ4v) is 3.15. The molecule has 2 amide bonds. The molecule has 0 aliphatic carbocycles. The van der Waals surface area contributed by atoms with Gasteiger partial charge in [-0.2, -0.15) is 0 Å². The molecule has 160 valence electrons. The summed E-state index contributed by atoms with van der Waals surface area (Å²) in [5.41, 5.74) is 4.06. The van der Waals surface area contributed by atoms with Crippen molar-refractivity contribution in [2.45, 2.75) is 33.6 Å². The zero-order valence-electron chi connectivity index (χ0n) is 17.6. The zero-order valence-corrected chi connectivity index (χ0v) is 18.4. The van der Waals surface area contributed by atoms with E-state index in [-0.39, 0.29) is 29.3 Å². The van der Waals surface area contributed by atoms with E-state index in [1.54, 1.807) is 24.3 Å². The molecule has 0 saturated carbocycles. The second-order valence-electron chi connectivity index (χ2n) is 6.96. The van der Waals surface area contributed by atoms with E-state index in [1.165, 1.54) is 17.3 Å². The molecular weight excluding hydrogens is 400 g/mol. The van der Waals surface area contributed by atoms with Crippen LogP contribution in [-0.2, 0) is 14.3 Å². The van der Waals surface area contributed by atoms with Crippen molar-refractivity contribution in [2.75, 3.05) is 28.7 Å². The number of anilines is 2. The minimum Gasteiger partial charge on any atom is -0.462 e. The molecule has 2 N–H and O–H groups in total. The number of aryl methyl sites for hydroxylation is 2. The van der Waals surface area contributed by atoms with Crippen molar-refractivity contribution >= 4 is 40.9 Å². The first-order chi connectivity index (χ1) is 14.4. The van der Waals surface area contributed by atoms with Crippen LogP contribution in [0.4, 0.5) is 11.4 Å². The first kappa shape index (κ1) is 23.5. The van der Waals surface area contributed by atoms with Gasteiger partial charge in [-0.15, -0.1) is 11.8 Å². The van der Waals surface area contributed by atoms with Crippen molar-refractivity contribution in [3.63, 3.8) is 0 Å². The molecule has 0 heterocycles. The van der Waals surface area contributed by atoms with Gasteiger partial charge in [0.1, 0.15) is 0 Å². The molecule has 2 aromatic carbocycles. The van der Waals surface area contributed by atoms with Gasteiger partial charge in [0.2, 0.25) is 11.8 Å². The number of ether oxygens (including phenoxy) is 1. The predicted molar refractivity (Wildman–Crippen MR) is 122 cm³/mol. The summed E-state index contributed by atoms with van der Waals surface area (Å²) in [6.45, 7) is 6.44. The maximum atomic E-state index is 12.1. The number of carbonyl (C=O) groups is 3. The van der Waals surface area contributed by atoms with Gasteiger partial charge < -0.3 is 15.4 Å². The average Bonchev–Trinajstić information content (AvgIpc) is 2.71. The van der Waals surface area contributed by atoms with Crippen molar-refractivity contribution in [1.29, 1.82) is 0 Å². The molecule has 0 saturated heterocycles. The minimum atomic E-state index is -0.369. The monoisotopic (exact) mass is 428 g/mol. The number of thioether (sulfide) groups is 1. The van der Waals surface area contributed by atoms with E-state index >= 15 is 0 Å². The Balaban J connectivity index is 1.71. The van der Waals surface area contributed by atoms with Crippen LogP contribution in [0.2, 0.25) is 0 Å². The predicted octanol–water partition coefficient (Wildman–Crippen LogP) is 4.57. The Morgan fingerprint density at radius 2 is 1.47 bits per heavy atom. The molecule has 0 spiro atoms. The van der Waals surface area contributed by atoms with Crippen molar-refractivity contribution < 1.29 is 19.1 Å². The maximum Gasteiger partial charge on any atom is 0.338 e.